The van der Waals surface area contributed by atoms with Crippen LogP contribution < -0.4 is 16.1 Å². The molecule has 0 saturated heterocycles. The van der Waals surface area contributed by atoms with E-state index in [9.17, 15) is 14.4 Å². The number of nitrogens with one attached hydrogen (secondary N) is 1. The molecule has 0 unspecified atom stereocenters. The Kier molecular flexibility index (Phi) is 5.11. The van der Waals surface area contributed by atoms with Gasteiger partial charge < -0.3 is 9.57 Å². The van der Waals surface area contributed by atoms with E-state index in [-0.39, 0.29) is 30.7 Å². The van der Waals surface area contributed by atoms with E-state index in [0.29, 0.717) is 17.0 Å². The fraction of sp³-hybridized carbons (Fsp3) is 0.615. The van der Waals surface area contributed by atoms with Gasteiger partial charge in [-0.3, -0.25) is 14.6 Å². The molecule has 1 fully saturated rings. The average molecular weight is 314 g/mol. The second-order valence-electron chi connectivity index (χ2n) is 4.78. The maximum atomic E-state index is 11.9. The van der Waals surface area contributed by atoms with Gasteiger partial charge in [0.2, 0.25) is 0 Å². The van der Waals surface area contributed by atoms with E-state index in [4.69, 9.17) is 9.57 Å². The minimum atomic E-state index is -0.582. The van der Waals surface area contributed by atoms with Crippen molar-refractivity contribution in [2.24, 2.45) is 0 Å². The molecule has 0 spiro atoms. The average Bonchev–Trinajstić information content (AvgIpc) is 3.23. The SMILES string of the molecule is CSc1c(C2CC2)c(=O)[nH]c(=O)n1OCCCOC(C)=O. The molecule has 0 atom stereocenters. The predicted molar refractivity (Wildman–Crippen MR) is 77.8 cm³/mol. The summed E-state index contributed by atoms with van der Waals surface area (Å²) in [5.74, 6) is -0.135. The Bertz CT molecular complexity index is 632. The van der Waals surface area contributed by atoms with Crippen molar-refractivity contribution in [3.63, 3.8) is 0 Å². The lowest BCUT2D eigenvalue weighted by atomic mass is 10.2. The summed E-state index contributed by atoms with van der Waals surface area (Å²) < 4.78 is 5.92. The number of ether oxygens (including phenoxy) is 1. The highest BCUT2D eigenvalue weighted by molar-refractivity contribution is 7.98. The third-order valence-electron chi connectivity index (χ3n) is 3.06. The first-order valence-electron chi connectivity index (χ1n) is 6.74. The number of nitrogens with zero attached hydrogens (tertiary/aromatic N) is 1. The van der Waals surface area contributed by atoms with Crippen molar-refractivity contribution in [1.82, 2.24) is 9.71 Å². The molecule has 1 heterocycles. The number of carbonyl (C=O) groups excluding carboxylic acids is 1. The van der Waals surface area contributed by atoms with Crippen LogP contribution in [0.5, 0.6) is 0 Å². The van der Waals surface area contributed by atoms with Crippen LogP contribution in [0.15, 0.2) is 14.6 Å². The zero-order chi connectivity index (χ0) is 15.4. The fourth-order valence-electron chi connectivity index (χ4n) is 1.99. The van der Waals surface area contributed by atoms with Gasteiger partial charge in [-0.15, -0.1) is 16.5 Å². The van der Waals surface area contributed by atoms with Crippen LogP contribution in [0.25, 0.3) is 0 Å². The summed E-state index contributed by atoms with van der Waals surface area (Å²) in [4.78, 5) is 42.1. The Labute approximate surface area is 125 Å². The number of esters is 1. The third-order valence-corrected chi connectivity index (χ3v) is 3.83. The van der Waals surface area contributed by atoms with Gasteiger partial charge in [-0.2, -0.15) is 0 Å². The molecule has 0 radical (unpaired) electrons. The van der Waals surface area contributed by atoms with Gasteiger partial charge in [-0.05, 0) is 25.0 Å². The van der Waals surface area contributed by atoms with Gasteiger partial charge in [0.05, 0.1) is 12.2 Å². The first-order chi connectivity index (χ1) is 10.0. The van der Waals surface area contributed by atoms with Crippen molar-refractivity contribution >= 4 is 17.7 Å². The number of hydrogen-bond donors (Lipinski definition) is 1. The second kappa shape index (κ2) is 6.84. The standard InChI is InChI=1S/C13H18N2O5S/c1-8(16)19-6-3-7-20-15-12(21-2)10(9-4-5-9)11(17)14-13(15)18/h9H,3-7H2,1-2H3,(H,14,17,18). The summed E-state index contributed by atoms with van der Waals surface area (Å²) in [7, 11) is 0. The van der Waals surface area contributed by atoms with E-state index >= 15 is 0 Å². The number of carbonyl (C=O) groups is 1. The van der Waals surface area contributed by atoms with Crippen LogP contribution in [0.2, 0.25) is 0 Å². The number of hydrogen-bond acceptors (Lipinski definition) is 6. The van der Waals surface area contributed by atoms with Gasteiger partial charge in [-0.1, -0.05) is 0 Å². The Balaban J connectivity index is 2.11. The number of rotatable bonds is 7. The molecule has 0 bridgehead atoms. The minimum absolute atomic E-state index is 0.215. The Morgan fingerprint density at radius 3 is 2.67 bits per heavy atom. The monoisotopic (exact) mass is 314 g/mol. The molecule has 0 aromatic carbocycles. The van der Waals surface area contributed by atoms with Gasteiger partial charge in [0, 0.05) is 13.3 Å². The van der Waals surface area contributed by atoms with E-state index < -0.39 is 5.69 Å². The molecule has 21 heavy (non-hydrogen) atoms. The molecule has 1 saturated carbocycles. The van der Waals surface area contributed by atoms with E-state index in [1.807, 2.05) is 0 Å². The summed E-state index contributed by atoms with van der Waals surface area (Å²) in [5.41, 5.74) is -0.282. The summed E-state index contributed by atoms with van der Waals surface area (Å²) in [6.45, 7) is 1.79. The summed E-state index contributed by atoms with van der Waals surface area (Å²) in [6, 6.07) is 0. The second-order valence-corrected chi connectivity index (χ2v) is 5.57. The van der Waals surface area contributed by atoms with Crippen LogP contribution in [0.4, 0.5) is 0 Å². The first kappa shape index (κ1) is 15.7. The summed E-state index contributed by atoms with van der Waals surface area (Å²) >= 11 is 1.32. The van der Waals surface area contributed by atoms with Gasteiger partial charge in [0.25, 0.3) is 5.56 Å². The predicted octanol–water partition coefficient (Wildman–Crippen LogP) is 0.518. The molecule has 0 aliphatic heterocycles. The van der Waals surface area contributed by atoms with E-state index in [1.54, 1.807) is 6.26 Å². The molecule has 2 rings (SSSR count). The highest BCUT2D eigenvalue weighted by Crippen LogP contribution is 2.41. The Hall–Kier alpha value is -1.70. The smallest absolute Gasteiger partial charge is 0.362 e. The molecule has 1 aromatic rings. The maximum absolute atomic E-state index is 11.9. The lowest BCUT2D eigenvalue weighted by Crippen LogP contribution is -2.37. The highest BCUT2D eigenvalue weighted by Gasteiger charge is 2.31. The van der Waals surface area contributed by atoms with E-state index in [1.165, 1.54) is 18.7 Å². The minimum Gasteiger partial charge on any atom is -0.466 e. The van der Waals surface area contributed by atoms with Crippen molar-refractivity contribution in [3.8, 4) is 0 Å². The molecule has 1 aliphatic rings. The molecule has 1 N–H and O–H groups in total. The van der Waals surface area contributed by atoms with Gasteiger partial charge >= 0.3 is 11.7 Å². The van der Waals surface area contributed by atoms with E-state index in [2.05, 4.69) is 4.98 Å². The van der Waals surface area contributed by atoms with Gasteiger partial charge in [0.15, 0.2) is 0 Å². The quantitative estimate of drug-likeness (QED) is 0.341. The Morgan fingerprint density at radius 2 is 2.10 bits per heavy atom. The van der Waals surface area contributed by atoms with Crippen molar-refractivity contribution in [3.05, 3.63) is 26.4 Å². The number of aromatic amines is 1. The molecular weight excluding hydrogens is 296 g/mol. The van der Waals surface area contributed by atoms with Gasteiger partial charge in [0.1, 0.15) is 11.6 Å². The van der Waals surface area contributed by atoms with Crippen LogP contribution in [0.3, 0.4) is 0 Å². The van der Waals surface area contributed by atoms with E-state index in [0.717, 1.165) is 17.6 Å². The van der Waals surface area contributed by atoms with Crippen molar-refractivity contribution in [1.29, 1.82) is 0 Å². The van der Waals surface area contributed by atoms with Crippen LogP contribution in [0, 0.1) is 0 Å². The van der Waals surface area contributed by atoms with Crippen molar-refractivity contribution in [2.75, 3.05) is 19.5 Å². The first-order valence-corrected chi connectivity index (χ1v) is 7.97. The van der Waals surface area contributed by atoms with Crippen LogP contribution in [-0.4, -0.2) is 35.2 Å². The highest BCUT2D eigenvalue weighted by atomic mass is 32.2. The summed E-state index contributed by atoms with van der Waals surface area (Å²) in [5, 5.41) is 0.554. The molecule has 0 amide bonds. The lowest BCUT2D eigenvalue weighted by Gasteiger charge is -2.14. The Morgan fingerprint density at radius 1 is 1.38 bits per heavy atom. The zero-order valence-electron chi connectivity index (χ0n) is 12.0. The molecule has 8 heteroatoms. The van der Waals surface area contributed by atoms with Crippen LogP contribution >= 0.6 is 11.8 Å². The van der Waals surface area contributed by atoms with Crippen molar-refractivity contribution < 1.29 is 14.4 Å². The number of H-pyrrole nitrogens is 1. The molecule has 1 aromatic heterocycles. The van der Waals surface area contributed by atoms with Crippen LogP contribution in [-0.2, 0) is 9.53 Å². The third kappa shape index (κ3) is 3.90. The number of thioether (sulfide) groups is 1. The normalized spacial score (nSPS) is 14.0. The largest absolute Gasteiger partial charge is 0.466 e. The zero-order valence-corrected chi connectivity index (χ0v) is 12.8. The van der Waals surface area contributed by atoms with Crippen LogP contribution in [0.1, 0.15) is 37.7 Å². The summed E-state index contributed by atoms with van der Waals surface area (Å²) in [6.07, 6.45) is 4.19. The fourth-order valence-corrected chi connectivity index (χ4v) is 2.77. The topological polar surface area (TPSA) is 90.4 Å². The molecule has 7 nitrogen and oxygen atoms in total. The number of aromatic nitrogens is 2. The molecular formula is C13H18N2O5S. The van der Waals surface area contributed by atoms with Gasteiger partial charge in [-0.25, -0.2) is 4.79 Å². The lowest BCUT2D eigenvalue weighted by molar-refractivity contribution is -0.141. The maximum Gasteiger partial charge on any atom is 0.362 e. The van der Waals surface area contributed by atoms with Crippen molar-refractivity contribution in [2.45, 2.75) is 37.1 Å². The molecule has 1 aliphatic carbocycles. The molecule has 116 valence electrons.